The van der Waals surface area contributed by atoms with Gasteiger partial charge in [0.15, 0.2) is 0 Å². The molecule has 4 amide bonds. The zero-order chi connectivity index (χ0) is 26.5. The molecule has 2 aromatic rings. The molecule has 0 fully saturated rings. The molecular weight excluding hydrogens is 464 g/mol. The van der Waals surface area contributed by atoms with Gasteiger partial charge in [0, 0.05) is 42.4 Å². The van der Waals surface area contributed by atoms with Gasteiger partial charge in [-0.15, -0.1) is 0 Å². The predicted molar refractivity (Wildman–Crippen MR) is 131 cm³/mol. The summed E-state index contributed by atoms with van der Waals surface area (Å²) < 4.78 is 0. The van der Waals surface area contributed by atoms with E-state index in [-0.39, 0.29) is 24.6 Å². The molecule has 36 heavy (non-hydrogen) atoms. The number of amides is 4. The number of carbonyl (C=O) groups excluding carboxylic acids is 4. The molecule has 2 rings (SSSR count). The summed E-state index contributed by atoms with van der Waals surface area (Å²) in [6.07, 6.45) is 0. The molecule has 2 aromatic carbocycles. The van der Waals surface area contributed by atoms with Gasteiger partial charge in [-0.25, -0.2) is 5.48 Å². The van der Waals surface area contributed by atoms with Crippen molar-refractivity contribution < 1.29 is 24.4 Å². The Labute approximate surface area is 208 Å². The monoisotopic (exact) mass is 490 g/mol. The van der Waals surface area contributed by atoms with Crippen molar-refractivity contribution in [1.29, 1.82) is 0 Å². The highest BCUT2D eigenvalue weighted by Gasteiger charge is 2.19. The highest BCUT2D eigenvalue weighted by Crippen LogP contribution is 2.05. The Bertz CT molecular complexity index is 1120. The number of hydroxylamine groups is 1. The topological polar surface area (TPSA) is 189 Å². The van der Waals surface area contributed by atoms with Crippen LogP contribution in [0.1, 0.15) is 31.8 Å². The van der Waals surface area contributed by atoms with E-state index in [2.05, 4.69) is 39.6 Å². The first kappa shape index (κ1) is 27.6. The van der Waals surface area contributed by atoms with Crippen LogP contribution in [0.15, 0.2) is 48.5 Å². The molecule has 11 nitrogen and oxygen atoms in total. The van der Waals surface area contributed by atoms with E-state index in [1.54, 1.807) is 36.4 Å². The smallest absolute Gasteiger partial charge is 0.267 e. The first-order valence-corrected chi connectivity index (χ1v) is 10.7. The first-order chi connectivity index (χ1) is 17.3. The number of hydrogen-bond donors (Lipinski definition) is 7. The Morgan fingerprint density at radius 1 is 0.750 bits per heavy atom. The van der Waals surface area contributed by atoms with E-state index in [4.69, 9.17) is 16.7 Å². The van der Waals surface area contributed by atoms with E-state index < -0.39 is 29.8 Å². The first-order valence-electron chi connectivity index (χ1n) is 10.7. The summed E-state index contributed by atoms with van der Waals surface area (Å²) in [4.78, 5) is 47.6. The highest BCUT2D eigenvalue weighted by atomic mass is 16.5. The lowest BCUT2D eigenvalue weighted by atomic mass is 10.1. The third-order valence-electron chi connectivity index (χ3n) is 4.84. The molecule has 0 radical (unpaired) electrons. The fourth-order valence-electron chi connectivity index (χ4n) is 2.82. The molecule has 0 heterocycles. The minimum atomic E-state index is -1.06. The van der Waals surface area contributed by atoms with Crippen LogP contribution in [0.25, 0.3) is 0 Å². The zero-order valence-corrected chi connectivity index (χ0v) is 19.4. The number of hydrogen-bond acceptors (Lipinski definition) is 7. The number of benzene rings is 2. The van der Waals surface area contributed by atoms with Crippen molar-refractivity contribution in [3.05, 3.63) is 70.8 Å². The largest absolute Gasteiger partial charge is 0.357 e. The van der Waals surface area contributed by atoms with Crippen LogP contribution in [0.3, 0.4) is 0 Å². The van der Waals surface area contributed by atoms with Gasteiger partial charge in [-0.3, -0.25) is 24.4 Å². The maximum atomic E-state index is 12.3. The van der Waals surface area contributed by atoms with Gasteiger partial charge in [-0.1, -0.05) is 11.8 Å². The lowest BCUT2D eigenvalue weighted by Gasteiger charge is -2.15. The average molecular weight is 491 g/mol. The maximum absolute atomic E-state index is 12.3. The molecule has 2 atom stereocenters. The standard InChI is InChI=1S/C25H26N6O5/c1-28-24(34)20(14-26)29-22(32)18-10-6-16(7-11-18)4-2-3-5-17-8-12-19(13-9-17)23(33)30-21(15-27)25(35)31-36/h6-13,20-21,36H,14-15,26-27H2,1H3,(H,28,34)(H,29,32)(H,30,33)(H,31,35)/t20?,21-/m0/s1. The Morgan fingerprint density at radius 3 is 1.47 bits per heavy atom. The van der Waals surface area contributed by atoms with Crippen LogP contribution in [0.2, 0.25) is 0 Å². The number of likely N-dealkylation sites (N-methyl/N-ethyl adjacent to an activating group) is 1. The third kappa shape index (κ3) is 7.97. The van der Waals surface area contributed by atoms with Gasteiger partial charge < -0.3 is 27.4 Å². The van der Waals surface area contributed by atoms with Crippen molar-refractivity contribution >= 4 is 23.6 Å². The van der Waals surface area contributed by atoms with Crippen molar-refractivity contribution in [1.82, 2.24) is 21.4 Å². The van der Waals surface area contributed by atoms with Gasteiger partial charge in [0.25, 0.3) is 17.7 Å². The average Bonchev–Trinajstić information content (AvgIpc) is 2.92. The van der Waals surface area contributed by atoms with Crippen LogP contribution in [-0.2, 0) is 9.59 Å². The second kappa shape index (κ2) is 13.9. The van der Waals surface area contributed by atoms with Gasteiger partial charge in [-0.2, -0.15) is 0 Å². The summed E-state index contributed by atoms with van der Waals surface area (Å²) in [6.45, 7) is -0.204. The summed E-state index contributed by atoms with van der Waals surface area (Å²) in [5.41, 5.74) is 14.3. The fraction of sp³-hybridized carbons (Fsp3) is 0.200. The van der Waals surface area contributed by atoms with Crippen LogP contribution in [-0.4, -0.2) is 61.1 Å². The maximum Gasteiger partial charge on any atom is 0.267 e. The van der Waals surface area contributed by atoms with E-state index in [0.29, 0.717) is 16.7 Å². The number of carbonyl (C=O) groups is 4. The van der Waals surface area contributed by atoms with Gasteiger partial charge in [-0.05, 0) is 60.4 Å². The van der Waals surface area contributed by atoms with E-state index in [0.717, 1.165) is 0 Å². The van der Waals surface area contributed by atoms with E-state index >= 15 is 0 Å². The van der Waals surface area contributed by atoms with E-state index in [1.165, 1.54) is 24.7 Å². The minimum Gasteiger partial charge on any atom is -0.357 e. The Morgan fingerprint density at radius 2 is 1.14 bits per heavy atom. The van der Waals surface area contributed by atoms with Crippen LogP contribution in [0.4, 0.5) is 0 Å². The molecule has 0 aliphatic carbocycles. The van der Waals surface area contributed by atoms with Crippen LogP contribution >= 0.6 is 0 Å². The van der Waals surface area contributed by atoms with Gasteiger partial charge >= 0.3 is 0 Å². The highest BCUT2D eigenvalue weighted by molar-refractivity contribution is 5.98. The van der Waals surface area contributed by atoms with Gasteiger partial charge in [0.2, 0.25) is 5.91 Å². The summed E-state index contributed by atoms with van der Waals surface area (Å²) in [6, 6.07) is 10.9. The summed E-state index contributed by atoms with van der Waals surface area (Å²) in [5, 5.41) is 16.1. The predicted octanol–water partition coefficient (Wildman–Crippen LogP) is -1.54. The minimum absolute atomic E-state index is 0.0261. The van der Waals surface area contributed by atoms with Crippen molar-refractivity contribution in [3.8, 4) is 23.7 Å². The molecular formula is C25H26N6O5. The molecule has 0 spiro atoms. The van der Waals surface area contributed by atoms with Crippen LogP contribution in [0, 0.1) is 23.7 Å². The molecule has 0 saturated carbocycles. The second-order valence-electron chi connectivity index (χ2n) is 7.27. The Kier molecular flexibility index (Phi) is 10.6. The fourth-order valence-corrected chi connectivity index (χ4v) is 2.82. The number of nitrogens with one attached hydrogen (secondary N) is 4. The van der Waals surface area contributed by atoms with Crippen LogP contribution < -0.4 is 32.9 Å². The second-order valence-corrected chi connectivity index (χ2v) is 7.27. The zero-order valence-electron chi connectivity index (χ0n) is 19.4. The SMILES string of the molecule is CNC(=O)C(CN)NC(=O)c1ccc(C#CC#Cc2ccc(C(=O)N[C@@H](CN)C(=O)NO)cc2)cc1. The van der Waals surface area contributed by atoms with Crippen molar-refractivity contribution in [2.75, 3.05) is 20.1 Å². The molecule has 1 unspecified atom stereocenters. The normalized spacial score (nSPS) is 11.3. The third-order valence-corrected chi connectivity index (χ3v) is 4.84. The molecule has 0 aliphatic rings. The Balaban J connectivity index is 1.97. The lowest BCUT2D eigenvalue weighted by Crippen LogP contribution is -2.50. The lowest BCUT2D eigenvalue weighted by molar-refractivity contribution is -0.131. The van der Waals surface area contributed by atoms with E-state index in [9.17, 15) is 19.2 Å². The molecule has 0 bridgehead atoms. The van der Waals surface area contributed by atoms with Gasteiger partial charge in [0.1, 0.15) is 12.1 Å². The summed E-state index contributed by atoms with van der Waals surface area (Å²) >= 11 is 0. The van der Waals surface area contributed by atoms with Crippen LogP contribution in [0.5, 0.6) is 0 Å². The van der Waals surface area contributed by atoms with E-state index in [1.807, 2.05) is 0 Å². The molecule has 186 valence electrons. The molecule has 0 aromatic heterocycles. The summed E-state index contributed by atoms with van der Waals surface area (Å²) in [7, 11) is 1.46. The molecule has 11 heteroatoms. The molecule has 0 aliphatic heterocycles. The van der Waals surface area contributed by atoms with Crippen molar-refractivity contribution in [2.24, 2.45) is 11.5 Å². The molecule has 9 N–H and O–H groups in total. The number of rotatable bonds is 8. The quantitative estimate of drug-likeness (QED) is 0.132. The Hall–Kier alpha value is -4.68. The van der Waals surface area contributed by atoms with Crippen molar-refractivity contribution in [3.63, 3.8) is 0 Å². The van der Waals surface area contributed by atoms with Gasteiger partial charge in [0.05, 0.1) is 0 Å². The summed E-state index contributed by atoms with van der Waals surface area (Å²) in [5.74, 6) is 8.97. The van der Waals surface area contributed by atoms with Crippen molar-refractivity contribution in [2.45, 2.75) is 12.1 Å². The molecule has 0 saturated heterocycles. The number of nitrogens with two attached hydrogens (primary N) is 2.